The third-order valence-electron chi connectivity index (χ3n) is 2.73. The van der Waals surface area contributed by atoms with Crippen LogP contribution in [0.5, 0.6) is 0 Å². The summed E-state index contributed by atoms with van der Waals surface area (Å²) >= 11 is 5.86. The first-order chi connectivity index (χ1) is 7.67. The average molecular weight is 242 g/mol. The SMILES string of the molecule is CCC(NC(C)CCO)c1ccc(Cl)cc1. The number of nitrogens with one attached hydrogen (secondary N) is 1. The molecule has 0 fully saturated rings. The number of benzene rings is 1. The van der Waals surface area contributed by atoms with Gasteiger partial charge in [-0.2, -0.15) is 0 Å². The highest BCUT2D eigenvalue weighted by Crippen LogP contribution is 2.19. The standard InChI is InChI=1S/C13H20ClNO/c1-3-13(15-10(2)8-9-16)11-4-6-12(14)7-5-11/h4-7,10,13,15-16H,3,8-9H2,1-2H3. The van der Waals surface area contributed by atoms with E-state index in [4.69, 9.17) is 16.7 Å². The van der Waals surface area contributed by atoms with Crippen LogP contribution in [0.25, 0.3) is 0 Å². The van der Waals surface area contributed by atoms with E-state index in [0.717, 1.165) is 17.9 Å². The largest absolute Gasteiger partial charge is 0.396 e. The lowest BCUT2D eigenvalue weighted by Crippen LogP contribution is -2.30. The third-order valence-corrected chi connectivity index (χ3v) is 2.98. The molecule has 1 rings (SSSR count). The van der Waals surface area contributed by atoms with Crippen LogP contribution in [0.4, 0.5) is 0 Å². The predicted molar refractivity (Wildman–Crippen MR) is 68.8 cm³/mol. The molecule has 2 atom stereocenters. The summed E-state index contributed by atoms with van der Waals surface area (Å²) in [6.07, 6.45) is 1.81. The lowest BCUT2D eigenvalue weighted by molar-refractivity contribution is 0.262. The van der Waals surface area contributed by atoms with Crippen molar-refractivity contribution in [3.05, 3.63) is 34.9 Å². The molecule has 2 unspecified atom stereocenters. The number of hydrogen-bond donors (Lipinski definition) is 2. The van der Waals surface area contributed by atoms with Crippen LogP contribution >= 0.6 is 11.6 Å². The topological polar surface area (TPSA) is 32.3 Å². The molecule has 0 saturated heterocycles. The van der Waals surface area contributed by atoms with Gasteiger partial charge in [0.2, 0.25) is 0 Å². The molecule has 0 aromatic heterocycles. The van der Waals surface area contributed by atoms with Crippen LogP contribution in [0.1, 0.15) is 38.3 Å². The molecule has 0 saturated carbocycles. The summed E-state index contributed by atoms with van der Waals surface area (Å²) in [6, 6.07) is 8.59. The van der Waals surface area contributed by atoms with Crippen LogP contribution in [0, 0.1) is 0 Å². The average Bonchev–Trinajstić information content (AvgIpc) is 2.27. The summed E-state index contributed by atoms with van der Waals surface area (Å²) in [5.74, 6) is 0. The molecule has 0 amide bonds. The van der Waals surface area contributed by atoms with E-state index < -0.39 is 0 Å². The first-order valence-corrected chi connectivity index (χ1v) is 6.17. The summed E-state index contributed by atoms with van der Waals surface area (Å²) in [5.41, 5.74) is 1.25. The van der Waals surface area contributed by atoms with Gasteiger partial charge in [-0.15, -0.1) is 0 Å². The molecular formula is C13H20ClNO. The lowest BCUT2D eigenvalue weighted by atomic mass is 10.0. The van der Waals surface area contributed by atoms with Crippen molar-refractivity contribution in [3.8, 4) is 0 Å². The minimum atomic E-state index is 0.227. The Labute approximate surface area is 103 Å². The molecule has 0 aliphatic carbocycles. The van der Waals surface area contributed by atoms with Crippen LogP contribution in [-0.4, -0.2) is 17.8 Å². The van der Waals surface area contributed by atoms with Gasteiger partial charge in [0.15, 0.2) is 0 Å². The van der Waals surface area contributed by atoms with E-state index in [2.05, 4.69) is 31.3 Å². The number of aliphatic hydroxyl groups excluding tert-OH is 1. The second kappa shape index (κ2) is 6.89. The van der Waals surface area contributed by atoms with Gasteiger partial charge >= 0.3 is 0 Å². The Balaban J connectivity index is 2.63. The van der Waals surface area contributed by atoms with Crippen molar-refractivity contribution in [1.29, 1.82) is 0 Å². The van der Waals surface area contributed by atoms with E-state index in [-0.39, 0.29) is 6.61 Å². The van der Waals surface area contributed by atoms with Gasteiger partial charge < -0.3 is 10.4 Å². The maximum Gasteiger partial charge on any atom is 0.0445 e. The van der Waals surface area contributed by atoms with E-state index >= 15 is 0 Å². The Bertz CT molecular complexity index is 299. The van der Waals surface area contributed by atoms with Crippen molar-refractivity contribution in [2.24, 2.45) is 0 Å². The van der Waals surface area contributed by atoms with Crippen LogP contribution in [0.2, 0.25) is 5.02 Å². The molecule has 2 N–H and O–H groups in total. The zero-order chi connectivity index (χ0) is 12.0. The molecule has 0 spiro atoms. The predicted octanol–water partition coefficient (Wildman–Crippen LogP) is 3.15. The highest BCUT2D eigenvalue weighted by Gasteiger charge is 2.11. The fourth-order valence-electron chi connectivity index (χ4n) is 1.77. The smallest absolute Gasteiger partial charge is 0.0445 e. The fraction of sp³-hybridized carbons (Fsp3) is 0.538. The quantitative estimate of drug-likeness (QED) is 0.802. The van der Waals surface area contributed by atoms with Crippen molar-refractivity contribution < 1.29 is 5.11 Å². The number of rotatable bonds is 6. The minimum Gasteiger partial charge on any atom is -0.396 e. The Morgan fingerprint density at radius 2 is 1.94 bits per heavy atom. The lowest BCUT2D eigenvalue weighted by Gasteiger charge is -2.22. The van der Waals surface area contributed by atoms with Crippen molar-refractivity contribution >= 4 is 11.6 Å². The molecule has 0 radical (unpaired) electrons. The van der Waals surface area contributed by atoms with Crippen molar-refractivity contribution in [2.75, 3.05) is 6.61 Å². The van der Waals surface area contributed by atoms with Crippen molar-refractivity contribution in [2.45, 2.75) is 38.8 Å². The molecule has 90 valence electrons. The van der Waals surface area contributed by atoms with Crippen molar-refractivity contribution in [1.82, 2.24) is 5.32 Å². The molecule has 0 aliphatic heterocycles. The van der Waals surface area contributed by atoms with Gasteiger partial charge in [0.05, 0.1) is 0 Å². The zero-order valence-corrected chi connectivity index (χ0v) is 10.7. The molecule has 0 heterocycles. The maximum atomic E-state index is 8.87. The van der Waals surface area contributed by atoms with E-state index in [9.17, 15) is 0 Å². The normalized spacial score (nSPS) is 14.8. The number of halogens is 1. The van der Waals surface area contributed by atoms with E-state index in [1.54, 1.807) is 0 Å². The molecule has 2 nitrogen and oxygen atoms in total. The van der Waals surface area contributed by atoms with Crippen LogP contribution in [-0.2, 0) is 0 Å². The Morgan fingerprint density at radius 1 is 1.31 bits per heavy atom. The van der Waals surface area contributed by atoms with Crippen molar-refractivity contribution in [3.63, 3.8) is 0 Å². The summed E-state index contributed by atoms with van der Waals surface area (Å²) in [7, 11) is 0. The molecule has 16 heavy (non-hydrogen) atoms. The first kappa shape index (κ1) is 13.5. The summed E-state index contributed by atoms with van der Waals surface area (Å²) in [5, 5.41) is 13.1. The summed E-state index contributed by atoms with van der Waals surface area (Å²) in [4.78, 5) is 0. The second-order valence-electron chi connectivity index (χ2n) is 4.09. The first-order valence-electron chi connectivity index (χ1n) is 5.79. The molecule has 0 aliphatic rings. The van der Waals surface area contributed by atoms with Gasteiger partial charge in [-0.1, -0.05) is 30.7 Å². The van der Waals surface area contributed by atoms with Crippen LogP contribution in [0.3, 0.4) is 0 Å². The summed E-state index contributed by atoms with van der Waals surface area (Å²) < 4.78 is 0. The van der Waals surface area contributed by atoms with Gasteiger partial charge in [0.25, 0.3) is 0 Å². The minimum absolute atomic E-state index is 0.227. The van der Waals surface area contributed by atoms with E-state index in [0.29, 0.717) is 12.1 Å². The molecule has 1 aromatic rings. The van der Waals surface area contributed by atoms with Gasteiger partial charge in [-0.25, -0.2) is 0 Å². The third kappa shape index (κ3) is 4.12. The van der Waals surface area contributed by atoms with Gasteiger partial charge in [0.1, 0.15) is 0 Å². The molecule has 0 bridgehead atoms. The summed E-state index contributed by atoms with van der Waals surface area (Å²) in [6.45, 7) is 4.47. The van der Waals surface area contributed by atoms with Gasteiger partial charge in [-0.05, 0) is 37.5 Å². The Morgan fingerprint density at radius 3 is 2.44 bits per heavy atom. The van der Waals surface area contributed by atoms with E-state index in [1.165, 1.54) is 5.56 Å². The molecular weight excluding hydrogens is 222 g/mol. The Kier molecular flexibility index (Phi) is 5.81. The molecule has 1 aromatic carbocycles. The molecule has 3 heteroatoms. The van der Waals surface area contributed by atoms with Crippen LogP contribution in [0.15, 0.2) is 24.3 Å². The maximum absolute atomic E-state index is 8.87. The highest BCUT2D eigenvalue weighted by atomic mass is 35.5. The fourth-order valence-corrected chi connectivity index (χ4v) is 1.89. The number of aliphatic hydroxyl groups is 1. The monoisotopic (exact) mass is 241 g/mol. The van der Waals surface area contributed by atoms with E-state index in [1.807, 2.05) is 12.1 Å². The van der Waals surface area contributed by atoms with Crippen LogP contribution < -0.4 is 5.32 Å². The second-order valence-corrected chi connectivity index (χ2v) is 4.53. The Hall–Kier alpha value is -0.570. The van der Waals surface area contributed by atoms with Gasteiger partial charge in [-0.3, -0.25) is 0 Å². The zero-order valence-electron chi connectivity index (χ0n) is 9.91. The van der Waals surface area contributed by atoms with Gasteiger partial charge in [0, 0.05) is 23.7 Å². The number of hydrogen-bond acceptors (Lipinski definition) is 2. The highest BCUT2D eigenvalue weighted by molar-refractivity contribution is 6.30.